The number of hydrogen-bond donors (Lipinski definition) is 1. The molecule has 1 aliphatic heterocycles. The summed E-state index contributed by atoms with van der Waals surface area (Å²) in [6, 6.07) is 9.30. The summed E-state index contributed by atoms with van der Waals surface area (Å²) < 4.78 is 24.0. The van der Waals surface area contributed by atoms with E-state index >= 15 is 0 Å². The average molecular weight is 490 g/mol. The van der Waals surface area contributed by atoms with Crippen LogP contribution in [0.5, 0.6) is 23.0 Å². The van der Waals surface area contributed by atoms with Gasteiger partial charge in [-0.15, -0.1) is 11.3 Å². The summed E-state index contributed by atoms with van der Waals surface area (Å²) in [6.07, 6.45) is 0.738. The van der Waals surface area contributed by atoms with E-state index in [0.29, 0.717) is 41.0 Å². The van der Waals surface area contributed by atoms with Crippen molar-refractivity contribution in [2.24, 2.45) is 4.99 Å². The fraction of sp³-hybridized carbons (Fsp3) is 0.304. The lowest BCUT2D eigenvalue weighted by atomic mass is 10.1. The monoisotopic (exact) mass is 489 g/mol. The number of fused-ring (bicyclic) bond motifs is 1. The van der Waals surface area contributed by atoms with Crippen molar-refractivity contribution in [3.63, 3.8) is 0 Å². The number of nitrogens with one attached hydrogen (secondary N) is 1. The van der Waals surface area contributed by atoms with Gasteiger partial charge in [0.05, 0.1) is 24.9 Å². The predicted molar refractivity (Wildman–Crippen MR) is 127 cm³/mol. The van der Waals surface area contributed by atoms with Gasteiger partial charge in [0.2, 0.25) is 12.7 Å². The molecule has 0 fully saturated rings. The van der Waals surface area contributed by atoms with Gasteiger partial charge in [-0.3, -0.25) is 4.79 Å². The molecule has 1 N–H and O–H groups in total. The predicted octanol–water partition coefficient (Wildman–Crippen LogP) is 4.37. The van der Waals surface area contributed by atoms with Crippen molar-refractivity contribution in [3.8, 4) is 34.3 Å². The normalized spacial score (nSPS) is 12.7. The van der Waals surface area contributed by atoms with E-state index in [4.69, 9.17) is 35.5 Å². The summed E-state index contributed by atoms with van der Waals surface area (Å²) >= 11 is 7.76. The lowest BCUT2D eigenvalue weighted by Crippen LogP contribution is -2.24. The topological polar surface area (TPSA) is 83.3 Å². The number of carbonyl (C=O) groups excluding carboxylic acids is 1. The van der Waals surface area contributed by atoms with Gasteiger partial charge in [-0.1, -0.05) is 11.6 Å². The summed E-state index contributed by atoms with van der Waals surface area (Å²) in [5, 5.41) is 5.34. The second-order valence-electron chi connectivity index (χ2n) is 7.23. The van der Waals surface area contributed by atoms with E-state index < -0.39 is 0 Å². The highest BCUT2D eigenvalue weighted by molar-refractivity contribution is 7.07. The SMILES string of the molecule is COc1cc(/N=c2\scc(-c3ccc4c(c3)OCO4)n2CCCNC(C)=O)c(OC)cc1Cl. The second kappa shape index (κ2) is 10.2. The molecule has 8 nitrogen and oxygen atoms in total. The number of thiazole rings is 1. The maximum atomic E-state index is 11.3. The van der Waals surface area contributed by atoms with Crippen LogP contribution < -0.4 is 29.1 Å². The van der Waals surface area contributed by atoms with Crippen molar-refractivity contribution < 1.29 is 23.7 Å². The zero-order valence-corrected chi connectivity index (χ0v) is 20.1. The van der Waals surface area contributed by atoms with E-state index in [1.54, 1.807) is 26.4 Å². The molecule has 4 rings (SSSR count). The van der Waals surface area contributed by atoms with E-state index in [9.17, 15) is 4.79 Å². The molecule has 0 saturated heterocycles. The Morgan fingerprint density at radius 3 is 2.73 bits per heavy atom. The minimum atomic E-state index is -0.0516. The molecule has 3 aromatic rings. The number of benzene rings is 2. The molecule has 1 aliphatic rings. The molecule has 1 aromatic heterocycles. The van der Waals surface area contributed by atoms with Gasteiger partial charge < -0.3 is 28.8 Å². The Morgan fingerprint density at radius 1 is 1.18 bits per heavy atom. The standard InChI is InChI=1S/C23H24ClN3O5S/c1-14(28)25-7-4-8-27-18(15-5-6-19-22(9-15)32-13-31-19)12-33-23(27)26-17-11-20(29-2)16(24)10-21(17)30-3/h5-6,9-12H,4,7-8,13H2,1-3H3,(H,25,28)/b26-23-. The molecule has 174 valence electrons. The quantitative estimate of drug-likeness (QED) is 0.475. The van der Waals surface area contributed by atoms with Gasteiger partial charge in [-0.2, -0.15) is 0 Å². The van der Waals surface area contributed by atoms with Crippen molar-refractivity contribution in [2.45, 2.75) is 19.9 Å². The van der Waals surface area contributed by atoms with E-state index in [1.165, 1.54) is 18.3 Å². The van der Waals surface area contributed by atoms with Crippen LogP contribution in [0.1, 0.15) is 13.3 Å². The summed E-state index contributed by atoms with van der Waals surface area (Å²) in [4.78, 5) is 16.9. The van der Waals surface area contributed by atoms with E-state index in [2.05, 4.69) is 9.88 Å². The molecule has 0 bridgehead atoms. The van der Waals surface area contributed by atoms with Crippen LogP contribution in [0, 0.1) is 0 Å². The molecular weight excluding hydrogens is 466 g/mol. The van der Waals surface area contributed by atoms with Crippen LogP contribution in [0.4, 0.5) is 5.69 Å². The molecule has 0 saturated carbocycles. The summed E-state index contributed by atoms with van der Waals surface area (Å²) in [7, 11) is 3.13. The second-order valence-corrected chi connectivity index (χ2v) is 8.47. The van der Waals surface area contributed by atoms with Gasteiger partial charge in [0.15, 0.2) is 16.3 Å². The maximum absolute atomic E-state index is 11.3. The fourth-order valence-electron chi connectivity index (χ4n) is 3.46. The van der Waals surface area contributed by atoms with Gasteiger partial charge in [-0.25, -0.2) is 4.99 Å². The molecule has 0 radical (unpaired) electrons. The summed E-state index contributed by atoms with van der Waals surface area (Å²) in [5.74, 6) is 2.45. The first kappa shape index (κ1) is 23.0. The van der Waals surface area contributed by atoms with E-state index in [-0.39, 0.29) is 12.7 Å². The molecule has 0 unspecified atom stereocenters. The Labute approximate surface area is 200 Å². The number of halogens is 1. The van der Waals surface area contributed by atoms with Gasteiger partial charge >= 0.3 is 0 Å². The van der Waals surface area contributed by atoms with E-state index in [1.807, 2.05) is 23.6 Å². The Kier molecular flexibility index (Phi) is 7.10. The van der Waals surface area contributed by atoms with Gasteiger partial charge in [0.25, 0.3) is 0 Å². The zero-order valence-electron chi connectivity index (χ0n) is 18.5. The van der Waals surface area contributed by atoms with E-state index in [0.717, 1.165) is 28.2 Å². The Hall–Kier alpha value is -3.17. The number of aromatic nitrogens is 1. The smallest absolute Gasteiger partial charge is 0.231 e. The largest absolute Gasteiger partial charge is 0.495 e. The highest BCUT2D eigenvalue weighted by Gasteiger charge is 2.17. The van der Waals surface area contributed by atoms with Crippen LogP contribution in [-0.2, 0) is 11.3 Å². The minimum Gasteiger partial charge on any atom is -0.495 e. The molecule has 0 spiro atoms. The third-order valence-electron chi connectivity index (χ3n) is 5.07. The molecule has 0 atom stereocenters. The Bertz CT molecular complexity index is 1240. The molecule has 1 amide bonds. The first-order chi connectivity index (χ1) is 16.0. The third kappa shape index (κ3) is 5.09. The number of carbonyl (C=O) groups is 1. The lowest BCUT2D eigenvalue weighted by Gasteiger charge is -2.11. The molecular formula is C23H24ClN3O5S. The maximum Gasteiger partial charge on any atom is 0.231 e. The van der Waals surface area contributed by atoms with Crippen molar-refractivity contribution in [3.05, 3.63) is 45.5 Å². The Morgan fingerprint density at radius 2 is 1.97 bits per heavy atom. The number of amides is 1. The number of ether oxygens (including phenoxy) is 4. The van der Waals surface area contributed by atoms with Crippen LogP contribution in [0.3, 0.4) is 0 Å². The lowest BCUT2D eigenvalue weighted by molar-refractivity contribution is -0.118. The number of nitrogens with zero attached hydrogens (tertiary/aromatic N) is 2. The van der Waals surface area contributed by atoms with Crippen LogP contribution in [-0.4, -0.2) is 38.0 Å². The van der Waals surface area contributed by atoms with Crippen LogP contribution in [0.15, 0.2) is 40.7 Å². The molecule has 33 heavy (non-hydrogen) atoms. The van der Waals surface area contributed by atoms with Crippen molar-refractivity contribution >= 4 is 34.5 Å². The fourth-order valence-corrected chi connectivity index (χ4v) is 4.64. The van der Waals surface area contributed by atoms with Crippen LogP contribution in [0.25, 0.3) is 11.3 Å². The van der Waals surface area contributed by atoms with Gasteiger partial charge in [0, 0.05) is 43.1 Å². The zero-order chi connectivity index (χ0) is 23.4. The number of rotatable bonds is 8. The van der Waals surface area contributed by atoms with Crippen molar-refractivity contribution in [2.75, 3.05) is 27.6 Å². The van der Waals surface area contributed by atoms with Crippen molar-refractivity contribution in [1.82, 2.24) is 9.88 Å². The molecule has 0 aliphatic carbocycles. The highest BCUT2D eigenvalue weighted by atomic mass is 35.5. The van der Waals surface area contributed by atoms with Crippen molar-refractivity contribution in [1.29, 1.82) is 0 Å². The molecule has 2 heterocycles. The van der Waals surface area contributed by atoms with Crippen LogP contribution >= 0.6 is 22.9 Å². The van der Waals surface area contributed by atoms with Gasteiger partial charge in [-0.05, 0) is 24.6 Å². The third-order valence-corrected chi connectivity index (χ3v) is 6.23. The average Bonchev–Trinajstić information content (AvgIpc) is 3.43. The molecule has 2 aromatic carbocycles. The number of hydrogen-bond acceptors (Lipinski definition) is 7. The first-order valence-corrected chi connectivity index (χ1v) is 11.5. The Balaban J connectivity index is 1.77. The van der Waals surface area contributed by atoms with Gasteiger partial charge in [0.1, 0.15) is 17.2 Å². The summed E-state index contributed by atoms with van der Waals surface area (Å²) in [5.41, 5.74) is 2.57. The summed E-state index contributed by atoms with van der Waals surface area (Å²) in [6.45, 7) is 2.95. The number of methoxy groups -OCH3 is 2. The van der Waals surface area contributed by atoms with Crippen LogP contribution in [0.2, 0.25) is 5.02 Å². The highest BCUT2D eigenvalue weighted by Crippen LogP contribution is 2.38. The minimum absolute atomic E-state index is 0.0516. The first-order valence-electron chi connectivity index (χ1n) is 10.3. The molecule has 10 heteroatoms.